The summed E-state index contributed by atoms with van der Waals surface area (Å²) in [6.07, 6.45) is 0. The zero-order valence-corrected chi connectivity index (χ0v) is 10.6. The number of carbonyl (C=O) groups is 1. The van der Waals surface area contributed by atoms with Crippen LogP contribution in [0.25, 0.3) is 10.9 Å². The minimum absolute atomic E-state index is 0.250. The lowest BCUT2D eigenvalue weighted by Crippen LogP contribution is -2.43. The Hall–Kier alpha value is -2.34. The molecular weight excluding hydrogens is 244 g/mol. The highest BCUT2D eigenvalue weighted by atomic mass is 16.5. The molecule has 0 unspecified atom stereocenters. The van der Waals surface area contributed by atoms with Crippen molar-refractivity contribution in [2.24, 2.45) is 5.73 Å². The van der Waals surface area contributed by atoms with Crippen molar-refractivity contribution in [1.82, 2.24) is 9.88 Å². The van der Waals surface area contributed by atoms with Crippen LogP contribution in [0.4, 0.5) is 0 Å². The van der Waals surface area contributed by atoms with E-state index < -0.39 is 0 Å². The molecule has 0 spiro atoms. The van der Waals surface area contributed by atoms with Gasteiger partial charge in [-0.1, -0.05) is 18.2 Å². The van der Waals surface area contributed by atoms with E-state index in [2.05, 4.69) is 4.98 Å². The highest BCUT2D eigenvalue weighted by Gasteiger charge is 2.19. The Morgan fingerprint density at radius 1 is 1.47 bits per heavy atom. The smallest absolute Gasteiger partial charge is 0.277 e. The Morgan fingerprint density at radius 2 is 2.21 bits per heavy atom. The Bertz CT molecular complexity index is 572. The maximum absolute atomic E-state index is 12.3. The first-order valence-electron chi connectivity index (χ1n) is 5.86. The van der Waals surface area contributed by atoms with Gasteiger partial charge >= 0.3 is 0 Å². The molecule has 0 fully saturated rings. The molecule has 19 heavy (non-hydrogen) atoms. The molecule has 1 aromatic carbocycles. The third-order valence-electron chi connectivity index (χ3n) is 2.82. The van der Waals surface area contributed by atoms with Gasteiger partial charge in [0.25, 0.3) is 5.91 Å². The summed E-state index contributed by atoms with van der Waals surface area (Å²) >= 11 is 0. The van der Waals surface area contributed by atoms with Crippen LogP contribution in [0.1, 0.15) is 10.5 Å². The van der Waals surface area contributed by atoms with Crippen molar-refractivity contribution in [2.75, 3.05) is 20.3 Å². The highest BCUT2D eigenvalue weighted by molar-refractivity contribution is 6.05. The number of nitrogens with two attached hydrogens (primary N) is 1. The lowest BCUT2D eigenvalue weighted by Gasteiger charge is -2.19. The molecule has 2 aromatic rings. The summed E-state index contributed by atoms with van der Waals surface area (Å²) in [6.45, 7) is 0.575. The van der Waals surface area contributed by atoms with Gasteiger partial charge in [0.05, 0.1) is 13.2 Å². The molecule has 0 aliphatic heterocycles. The van der Waals surface area contributed by atoms with Crippen molar-refractivity contribution < 1.29 is 9.53 Å². The molecule has 6 nitrogen and oxygen atoms in total. The fourth-order valence-corrected chi connectivity index (χ4v) is 1.85. The van der Waals surface area contributed by atoms with Crippen molar-refractivity contribution in [2.45, 2.75) is 0 Å². The number of guanidine groups is 1. The van der Waals surface area contributed by atoms with Crippen LogP contribution in [0.3, 0.4) is 0 Å². The number of hydrogen-bond acceptors (Lipinski definition) is 3. The van der Waals surface area contributed by atoms with Gasteiger partial charge < -0.3 is 15.5 Å². The fraction of sp³-hybridized carbons (Fsp3) is 0.231. The second-order valence-electron chi connectivity index (χ2n) is 4.11. The molecule has 6 heteroatoms. The van der Waals surface area contributed by atoms with E-state index in [0.29, 0.717) is 12.3 Å². The summed E-state index contributed by atoms with van der Waals surface area (Å²) in [5.41, 5.74) is 6.71. The van der Waals surface area contributed by atoms with E-state index in [9.17, 15) is 4.79 Å². The van der Waals surface area contributed by atoms with E-state index >= 15 is 0 Å². The fourth-order valence-electron chi connectivity index (χ4n) is 1.85. The van der Waals surface area contributed by atoms with Crippen LogP contribution < -0.4 is 5.73 Å². The number of H-pyrrole nitrogens is 1. The zero-order chi connectivity index (χ0) is 13.8. The van der Waals surface area contributed by atoms with Crippen LogP contribution in [-0.4, -0.2) is 42.0 Å². The van der Waals surface area contributed by atoms with E-state index in [1.807, 2.05) is 24.3 Å². The van der Waals surface area contributed by atoms with E-state index in [1.54, 1.807) is 6.07 Å². The minimum Gasteiger partial charge on any atom is -0.383 e. The van der Waals surface area contributed by atoms with E-state index in [0.717, 1.165) is 10.9 Å². The summed E-state index contributed by atoms with van der Waals surface area (Å²) in [5.74, 6) is -0.624. The standard InChI is InChI=1S/C13H16N4O2/c1-19-7-6-17(13(14)15)12(18)11-8-9-4-2-3-5-10(9)16-11/h2-5,8,16H,6-7H2,1H3,(H3,14,15). The van der Waals surface area contributed by atoms with Gasteiger partial charge in [-0.2, -0.15) is 0 Å². The third kappa shape index (κ3) is 2.74. The van der Waals surface area contributed by atoms with Crippen LogP contribution in [0, 0.1) is 5.41 Å². The van der Waals surface area contributed by atoms with Gasteiger partial charge in [-0.05, 0) is 12.1 Å². The lowest BCUT2D eigenvalue weighted by molar-refractivity contribution is 0.0801. The minimum atomic E-state index is -0.333. The van der Waals surface area contributed by atoms with Crippen molar-refractivity contribution in [3.05, 3.63) is 36.0 Å². The van der Waals surface area contributed by atoms with Crippen LogP contribution in [0.2, 0.25) is 0 Å². The van der Waals surface area contributed by atoms with Gasteiger partial charge in [-0.3, -0.25) is 15.1 Å². The summed E-state index contributed by atoms with van der Waals surface area (Å²) < 4.78 is 4.91. The molecule has 1 aromatic heterocycles. The average Bonchev–Trinajstić information content (AvgIpc) is 2.82. The van der Waals surface area contributed by atoms with E-state index in [-0.39, 0.29) is 18.4 Å². The van der Waals surface area contributed by atoms with Gasteiger partial charge in [0, 0.05) is 18.0 Å². The van der Waals surface area contributed by atoms with Gasteiger partial charge in [0.15, 0.2) is 5.96 Å². The monoisotopic (exact) mass is 260 g/mol. The van der Waals surface area contributed by atoms with Crippen molar-refractivity contribution in [1.29, 1.82) is 5.41 Å². The van der Waals surface area contributed by atoms with Crippen molar-refractivity contribution in [3.63, 3.8) is 0 Å². The maximum Gasteiger partial charge on any atom is 0.277 e. The molecule has 0 radical (unpaired) electrons. The molecule has 1 heterocycles. The van der Waals surface area contributed by atoms with E-state index in [4.69, 9.17) is 15.9 Å². The number of amides is 1. The number of methoxy groups -OCH3 is 1. The largest absolute Gasteiger partial charge is 0.383 e. The number of nitrogens with one attached hydrogen (secondary N) is 2. The number of para-hydroxylation sites is 1. The number of aromatic amines is 1. The lowest BCUT2D eigenvalue weighted by atomic mass is 10.2. The van der Waals surface area contributed by atoms with Gasteiger partial charge in [0.1, 0.15) is 5.69 Å². The Kier molecular flexibility index (Phi) is 3.82. The Morgan fingerprint density at radius 3 is 2.84 bits per heavy atom. The summed E-state index contributed by atoms with van der Waals surface area (Å²) in [7, 11) is 1.53. The SMILES string of the molecule is COCCN(C(=N)N)C(=O)c1cc2ccccc2[nH]1. The second kappa shape index (κ2) is 5.53. The van der Waals surface area contributed by atoms with Crippen LogP contribution >= 0.6 is 0 Å². The molecular formula is C13H16N4O2. The molecule has 1 amide bonds. The molecule has 0 atom stereocenters. The molecule has 2 rings (SSSR count). The number of benzene rings is 1. The predicted octanol–water partition coefficient (Wildman–Crippen LogP) is 1.15. The first kappa shape index (κ1) is 13.1. The van der Waals surface area contributed by atoms with Crippen molar-refractivity contribution in [3.8, 4) is 0 Å². The quantitative estimate of drug-likeness (QED) is 0.568. The number of hydrogen-bond donors (Lipinski definition) is 3. The molecule has 4 N–H and O–H groups in total. The summed E-state index contributed by atoms with van der Waals surface area (Å²) in [5, 5.41) is 8.40. The normalized spacial score (nSPS) is 10.6. The zero-order valence-electron chi connectivity index (χ0n) is 10.6. The van der Waals surface area contributed by atoms with Gasteiger partial charge in [-0.15, -0.1) is 0 Å². The Labute approximate surface area is 110 Å². The number of carbonyl (C=O) groups excluding carboxylic acids is 1. The van der Waals surface area contributed by atoms with E-state index in [1.165, 1.54) is 12.0 Å². The first-order valence-corrected chi connectivity index (χ1v) is 5.86. The number of nitrogens with zero attached hydrogens (tertiary/aromatic N) is 1. The molecule has 0 aliphatic rings. The van der Waals surface area contributed by atoms with Crippen LogP contribution in [-0.2, 0) is 4.74 Å². The molecule has 0 saturated heterocycles. The number of rotatable bonds is 4. The molecule has 0 aliphatic carbocycles. The van der Waals surface area contributed by atoms with Gasteiger partial charge in [-0.25, -0.2) is 0 Å². The summed E-state index contributed by atoms with van der Waals surface area (Å²) in [4.78, 5) is 16.5. The maximum atomic E-state index is 12.3. The molecule has 0 bridgehead atoms. The predicted molar refractivity (Wildman–Crippen MR) is 73.1 cm³/mol. The van der Waals surface area contributed by atoms with Crippen LogP contribution in [0.5, 0.6) is 0 Å². The highest BCUT2D eigenvalue weighted by Crippen LogP contribution is 2.15. The Balaban J connectivity index is 2.27. The number of fused-ring (bicyclic) bond motifs is 1. The van der Waals surface area contributed by atoms with Crippen LogP contribution in [0.15, 0.2) is 30.3 Å². The average molecular weight is 260 g/mol. The summed E-state index contributed by atoms with van der Waals surface area (Å²) in [6, 6.07) is 9.34. The second-order valence-corrected chi connectivity index (χ2v) is 4.11. The number of ether oxygens (including phenoxy) is 1. The molecule has 0 saturated carbocycles. The van der Waals surface area contributed by atoms with Crippen molar-refractivity contribution >= 4 is 22.8 Å². The number of aromatic nitrogens is 1. The third-order valence-corrected chi connectivity index (χ3v) is 2.82. The first-order chi connectivity index (χ1) is 9.13. The topological polar surface area (TPSA) is 95.2 Å². The van der Waals surface area contributed by atoms with Gasteiger partial charge in [0.2, 0.25) is 0 Å². The molecule has 100 valence electrons.